The number of halogens is 2. The zero-order valence-corrected chi connectivity index (χ0v) is 17.0. The van der Waals surface area contributed by atoms with Crippen molar-refractivity contribution in [2.45, 2.75) is 37.9 Å². The Labute approximate surface area is 171 Å². The fraction of sp³-hybridized carbons (Fsp3) is 0.478. The van der Waals surface area contributed by atoms with E-state index in [0.29, 0.717) is 5.02 Å². The van der Waals surface area contributed by atoms with E-state index in [-0.39, 0.29) is 17.3 Å². The van der Waals surface area contributed by atoms with Gasteiger partial charge in [0.15, 0.2) is 0 Å². The van der Waals surface area contributed by atoms with Crippen LogP contribution in [0.1, 0.15) is 43.4 Å². The lowest BCUT2D eigenvalue weighted by molar-refractivity contribution is -0.187. The molecule has 4 rings (SSSR count). The van der Waals surface area contributed by atoms with Gasteiger partial charge < -0.3 is 14.7 Å². The molecule has 2 atom stereocenters. The zero-order valence-electron chi connectivity index (χ0n) is 16.2. The van der Waals surface area contributed by atoms with E-state index in [1.54, 1.807) is 0 Å². The molecule has 28 heavy (non-hydrogen) atoms. The first-order valence-electron chi connectivity index (χ1n) is 9.96. The molecular weight excluding hydrogens is 377 g/mol. The summed E-state index contributed by atoms with van der Waals surface area (Å²) < 4.78 is 19.0. The second kappa shape index (κ2) is 7.75. The molecule has 0 radical (unpaired) electrons. The molecule has 2 saturated heterocycles. The van der Waals surface area contributed by atoms with Gasteiger partial charge in [-0.2, -0.15) is 0 Å². The number of piperidine rings is 1. The van der Waals surface area contributed by atoms with Gasteiger partial charge in [0, 0.05) is 23.5 Å². The molecule has 5 heteroatoms. The van der Waals surface area contributed by atoms with Crippen LogP contribution < -0.4 is 0 Å². The van der Waals surface area contributed by atoms with Crippen LogP contribution in [0.25, 0.3) is 0 Å². The maximum Gasteiger partial charge on any atom is 0.123 e. The first kappa shape index (κ1) is 19.8. The van der Waals surface area contributed by atoms with Crippen molar-refractivity contribution in [2.24, 2.45) is 5.41 Å². The Morgan fingerprint density at radius 3 is 2.32 bits per heavy atom. The number of hydrogen-bond acceptors (Lipinski definition) is 3. The predicted octanol–water partition coefficient (Wildman–Crippen LogP) is 4.93. The van der Waals surface area contributed by atoms with Crippen LogP contribution in [-0.2, 0) is 10.3 Å². The summed E-state index contributed by atoms with van der Waals surface area (Å²) in [6, 6.07) is 14.2. The second-order valence-electron chi connectivity index (χ2n) is 8.53. The van der Waals surface area contributed by atoms with Crippen molar-refractivity contribution in [1.29, 1.82) is 0 Å². The van der Waals surface area contributed by atoms with Crippen molar-refractivity contribution in [3.8, 4) is 0 Å². The number of likely N-dealkylation sites (tertiary alicyclic amines) is 1. The Morgan fingerprint density at radius 1 is 1.11 bits per heavy atom. The molecule has 1 N–H and O–H groups in total. The molecule has 2 aliphatic rings. The minimum atomic E-state index is -0.763. The zero-order chi connectivity index (χ0) is 19.8. The van der Waals surface area contributed by atoms with Crippen molar-refractivity contribution in [2.75, 3.05) is 26.2 Å². The molecule has 0 aromatic heterocycles. The summed E-state index contributed by atoms with van der Waals surface area (Å²) in [5.41, 5.74) is 1.31. The van der Waals surface area contributed by atoms with Gasteiger partial charge in [-0.1, -0.05) is 42.8 Å². The number of hydrogen-bond donors (Lipinski definition) is 1. The minimum Gasteiger partial charge on any atom is -0.385 e. The first-order chi connectivity index (χ1) is 13.4. The van der Waals surface area contributed by atoms with Gasteiger partial charge in [-0.15, -0.1) is 0 Å². The molecule has 3 nitrogen and oxygen atoms in total. The van der Waals surface area contributed by atoms with Crippen molar-refractivity contribution < 1.29 is 14.2 Å². The van der Waals surface area contributed by atoms with Crippen LogP contribution in [0.5, 0.6) is 0 Å². The Balaban J connectivity index is 1.31. The summed E-state index contributed by atoms with van der Waals surface area (Å²) >= 11 is 5.97. The predicted molar refractivity (Wildman–Crippen MR) is 109 cm³/mol. The quantitative estimate of drug-likeness (QED) is 0.768. The third-order valence-corrected chi connectivity index (χ3v) is 6.70. The molecule has 2 heterocycles. The van der Waals surface area contributed by atoms with Crippen LogP contribution in [0.2, 0.25) is 5.02 Å². The average molecular weight is 404 g/mol. The Morgan fingerprint density at radius 2 is 1.75 bits per heavy atom. The van der Waals surface area contributed by atoms with E-state index in [1.807, 2.05) is 36.4 Å². The smallest absolute Gasteiger partial charge is 0.123 e. The highest BCUT2D eigenvalue weighted by Crippen LogP contribution is 2.48. The van der Waals surface area contributed by atoms with E-state index in [9.17, 15) is 9.50 Å². The SMILES string of the molecule is C[C@@]1(CCN2CCC(O)(c3ccc(Cl)cc3)CC2)CO[C@@H]1c1ccc(F)cc1. The molecule has 2 aromatic carbocycles. The molecule has 0 unspecified atom stereocenters. The highest BCUT2D eigenvalue weighted by molar-refractivity contribution is 6.30. The van der Waals surface area contributed by atoms with Crippen LogP contribution in [-0.4, -0.2) is 36.2 Å². The summed E-state index contributed by atoms with van der Waals surface area (Å²) in [6.07, 6.45) is 2.50. The van der Waals surface area contributed by atoms with E-state index >= 15 is 0 Å². The third-order valence-electron chi connectivity index (χ3n) is 6.45. The minimum absolute atomic E-state index is 0.0314. The molecule has 2 aliphatic heterocycles. The third kappa shape index (κ3) is 3.97. The summed E-state index contributed by atoms with van der Waals surface area (Å²) in [6.45, 7) is 5.71. The Kier molecular flexibility index (Phi) is 5.49. The highest BCUT2D eigenvalue weighted by atomic mass is 35.5. The van der Waals surface area contributed by atoms with Gasteiger partial charge in [0.05, 0.1) is 18.3 Å². The number of nitrogens with zero attached hydrogens (tertiary/aromatic N) is 1. The standard InChI is InChI=1S/C23H27ClFNO2/c1-22(16-28-21(22)17-2-8-20(25)9-3-17)10-13-26-14-11-23(27,12-15-26)18-4-6-19(24)7-5-18/h2-9,21,27H,10-16H2,1H3/t21-,22-/m1/s1. The molecule has 2 aromatic rings. The lowest BCUT2D eigenvalue weighted by Crippen LogP contribution is -2.47. The molecule has 0 amide bonds. The van der Waals surface area contributed by atoms with Crippen LogP contribution in [0.4, 0.5) is 4.39 Å². The van der Waals surface area contributed by atoms with Crippen molar-refractivity contribution in [1.82, 2.24) is 4.90 Å². The van der Waals surface area contributed by atoms with Gasteiger partial charge in [0.25, 0.3) is 0 Å². The van der Waals surface area contributed by atoms with Gasteiger partial charge in [-0.25, -0.2) is 4.39 Å². The molecule has 0 aliphatic carbocycles. The highest BCUT2D eigenvalue weighted by Gasteiger charge is 2.45. The summed E-state index contributed by atoms with van der Waals surface area (Å²) in [5.74, 6) is -0.216. The summed E-state index contributed by atoms with van der Waals surface area (Å²) in [4.78, 5) is 2.43. The normalized spacial score (nSPS) is 27.4. The average Bonchev–Trinajstić information content (AvgIpc) is 2.69. The van der Waals surface area contributed by atoms with Gasteiger partial charge in [0.2, 0.25) is 0 Å². The number of rotatable bonds is 5. The van der Waals surface area contributed by atoms with Gasteiger partial charge in [-0.3, -0.25) is 0 Å². The fourth-order valence-electron chi connectivity index (χ4n) is 4.40. The number of ether oxygens (including phenoxy) is 1. The van der Waals surface area contributed by atoms with Crippen LogP contribution in [0.3, 0.4) is 0 Å². The maximum atomic E-state index is 13.2. The molecule has 150 valence electrons. The van der Waals surface area contributed by atoms with Gasteiger partial charge >= 0.3 is 0 Å². The molecular formula is C23H27ClFNO2. The van der Waals surface area contributed by atoms with Gasteiger partial charge in [-0.05, 0) is 61.2 Å². The Bertz CT molecular complexity index is 802. The van der Waals surface area contributed by atoms with Crippen LogP contribution >= 0.6 is 11.6 Å². The lowest BCUT2D eigenvalue weighted by atomic mass is 9.74. The van der Waals surface area contributed by atoms with Crippen molar-refractivity contribution >= 4 is 11.6 Å². The fourth-order valence-corrected chi connectivity index (χ4v) is 4.53. The monoisotopic (exact) mass is 403 g/mol. The van der Waals surface area contributed by atoms with E-state index in [4.69, 9.17) is 16.3 Å². The van der Waals surface area contributed by atoms with E-state index in [0.717, 1.165) is 56.6 Å². The van der Waals surface area contributed by atoms with Crippen molar-refractivity contribution in [3.05, 3.63) is 70.5 Å². The summed E-state index contributed by atoms with van der Waals surface area (Å²) in [5, 5.41) is 11.7. The first-order valence-corrected chi connectivity index (χ1v) is 10.3. The van der Waals surface area contributed by atoms with Crippen LogP contribution in [0, 0.1) is 11.2 Å². The molecule has 0 saturated carbocycles. The molecule has 0 bridgehead atoms. The molecule has 2 fully saturated rings. The topological polar surface area (TPSA) is 32.7 Å². The van der Waals surface area contributed by atoms with Crippen molar-refractivity contribution in [3.63, 3.8) is 0 Å². The van der Waals surface area contributed by atoms with E-state index in [2.05, 4.69) is 11.8 Å². The van der Waals surface area contributed by atoms with Crippen LogP contribution in [0.15, 0.2) is 48.5 Å². The summed E-state index contributed by atoms with van der Waals surface area (Å²) in [7, 11) is 0. The molecule has 0 spiro atoms. The number of benzene rings is 2. The lowest BCUT2D eigenvalue weighted by Gasteiger charge is -2.48. The number of aliphatic hydroxyl groups is 1. The van der Waals surface area contributed by atoms with E-state index in [1.165, 1.54) is 12.1 Å². The maximum absolute atomic E-state index is 13.2. The van der Waals surface area contributed by atoms with E-state index < -0.39 is 5.60 Å². The second-order valence-corrected chi connectivity index (χ2v) is 8.96. The van der Waals surface area contributed by atoms with Gasteiger partial charge in [0.1, 0.15) is 5.82 Å². The largest absolute Gasteiger partial charge is 0.385 e. The Hall–Kier alpha value is -1.46.